The van der Waals surface area contributed by atoms with Crippen molar-refractivity contribution in [3.05, 3.63) is 83.4 Å². The molecule has 1 fully saturated rings. The van der Waals surface area contributed by atoms with Gasteiger partial charge in [-0.25, -0.2) is 17.2 Å². The lowest BCUT2D eigenvalue weighted by molar-refractivity contribution is -0.141. The maximum Gasteiger partial charge on any atom is 0.433 e. The van der Waals surface area contributed by atoms with Crippen molar-refractivity contribution in [2.75, 3.05) is 6.54 Å². The Hall–Kier alpha value is -3.89. The lowest BCUT2D eigenvalue weighted by Gasteiger charge is -2.23. The Kier molecular flexibility index (Phi) is 7.48. The van der Waals surface area contributed by atoms with Crippen LogP contribution in [-0.2, 0) is 27.5 Å². The Morgan fingerprint density at radius 3 is 2.42 bits per heavy atom. The highest BCUT2D eigenvalue weighted by molar-refractivity contribution is 7.89. The highest BCUT2D eigenvalue weighted by atomic mass is 32.2. The molecule has 1 N–H and O–H groups in total. The Morgan fingerprint density at radius 1 is 1.11 bits per heavy atom. The van der Waals surface area contributed by atoms with Crippen LogP contribution in [0.5, 0.6) is 0 Å². The van der Waals surface area contributed by atoms with Crippen molar-refractivity contribution in [3.8, 4) is 17.2 Å². The van der Waals surface area contributed by atoms with Gasteiger partial charge in [-0.3, -0.25) is 9.78 Å². The molecule has 0 spiro atoms. The second kappa shape index (κ2) is 10.5. The summed E-state index contributed by atoms with van der Waals surface area (Å²) in [6.45, 7) is -0.722. The van der Waals surface area contributed by atoms with Crippen LogP contribution in [0.4, 0.5) is 22.0 Å². The lowest BCUT2D eigenvalue weighted by Crippen LogP contribution is -2.45. The van der Waals surface area contributed by atoms with Crippen molar-refractivity contribution >= 4 is 15.9 Å². The molecule has 0 unspecified atom stereocenters. The summed E-state index contributed by atoms with van der Waals surface area (Å²) < 4.78 is 92.7. The molecule has 2 aromatic carbocycles. The normalized spacial score (nSPS) is 18.2. The van der Waals surface area contributed by atoms with E-state index in [0.717, 1.165) is 40.8 Å². The molecule has 0 radical (unpaired) electrons. The van der Waals surface area contributed by atoms with E-state index >= 15 is 0 Å². The van der Waals surface area contributed by atoms with Gasteiger partial charge in [0.1, 0.15) is 23.7 Å². The van der Waals surface area contributed by atoms with Gasteiger partial charge in [0.25, 0.3) is 0 Å². The van der Waals surface area contributed by atoms with E-state index in [4.69, 9.17) is 0 Å². The smallest absolute Gasteiger partial charge is 0.351 e. The minimum Gasteiger partial charge on any atom is -0.351 e. The van der Waals surface area contributed by atoms with Crippen molar-refractivity contribution in [1.82, 2.24) is 14.6 Å². The first-order valence-corrected chi connectivity index (χ1v) is 12.6. The van der Waals surface area contributed by atoms with Crippen molar-refractivity contribution in [2.24, 2.45) is 0 Å². The van der Waals surface area contributed by atoms with Crippen molar-refractivity contribution in [3.63, 3.8) is 0 Å². The predicted molar refractivity (Wildman–Crippen MR) is 125 cm³/mol. The summed E-state index contributed by atoms with van der Waals surface area (Å²) in [5.74, 6) is -1.44. The number of amides is 1. The molecule has 1 saturated heterocycles. The standard InChI is InChI=1S/C25H19F5N4O3S/c26-19-2-4-21(5-3-19)38(36,37)34-14-20(27)10-22(34)24(35)33-12-16-7-15(11-31)8-18(9-16)17-1-6-23(32-13-17)25(28,29)30/h1-9,13,20,22H,10,12,14H2,(H,33,35)/t20-,22-/m1/s1. The number of benzene rings is 2. The average molecular weight is 551 g/mol. The molecule has 2 atom stereocenters. The van der Waals surface area contributed by atoms with E-state index in [0.29, 0.717) is 16.7 Å². The maximum atomic E-state index is 14.2. The SMILES string of the molecule is N#Cc1cc(CNC(=O)[C@H]2C[C@@H](F)CN2S(=O)(=O)c2ccc(F)cc2)cc(-c2ccc(C(F)(F)F)nc2)c1. The summed E-state index contributed by atoms with van der Waals surface area (Å²) in [5.41, 5.74) is 0.162. The Morgan fingerprint density at radius 2 is 1.82 bits per heavy atom. The number of nitriles is 1. The van der Waals surface area contributed by atoms with E-state index in [9.17, 15) is 40.4 Å². The summed E-state index contributed by atoms with van der Waals surface area (Å²) in [4.78, 5) is 16.0. The second-order valence-electron chi connectivity index (χ2n) is 8.56. The molecule has 1 aliphatic heterocycles. The largest absolute Gasteiger partial charge is 0.433 e. The number of aromatic nitrogens is 1. The van der Waals surface area contributed by atoms with Gasteiger partial charge in [0, 0.05) is 31.3 Å². The summed E-state index contributed by atoms with van der Waals surface area (Å²) in [5, 5.41) is 11.9. The van der Waals surface area contributed by atoms with E-state index in [-0.39, 0.29) is 23.4 Å². The summed E-state index contributed by atoms with van der Waals surface area (Å²) >= 11 is 0. The number of pyridine rings is 1. The van der Waals surface area contributed by atoms with Gasteiger partial charge in [0.2, 0.25) is 15.9 Å². The minimum absolute atomic E-state index is 0.164. The van der Waals surface area contributed by atoms with Crippen LogP contribution in [0.15, 0.2) is 65.7 Å². The van der Waals surface area contributed by atoms with E-state index in [1.807, 2.05) is 6.07 Å². The van der Waals surface area contributed by atoms with Gasteiger partial charge in [-0.05, 0) is 59.7 Å². The first-order chi connectivity index (χ1) is 17.9. The van der Waals surface area contributed by atoms with Crippen molar-refractivity contribution < 1.29 is 35.2 Å². The van der Waals surface area contributed by atoms with Crippen LogP contribution < -0.4 is 5.32 Å². The number of carbonyl (C=O) groups excluding carboxylic acids is 1. The molecule has 38 heavy (non-hydrogen) atoms. The summed E-state index contributed by atoms with van der Waals surface area (Å²) in [7, 11) is -4.30. The number of carbonyl (C=O) groups is 1. The van der Waals surface area contributed by atoms with Crippen LogP contribution in [0.25, 0.3) is 11.1 Å². The molecule has 2 heterocycles. The van der Waals surface area contributed by atoms with E-state index < -0.39 is 52.4 Å². The summed E-state index contributed by atoms with van der Waals surface area (Å²) in [6.07, 6.45) is -5.58. The molecule has 0 saturated carbocycles. The number of halogens is 5. The molecular formula is C25H19F5N4O3S. The third kappa shape index (κ3) is 5.81. The molecular weight excluding hydrogens is 531 g/mol. The third-order valence-corrected chi connectivity index (χ3v) is 7.79. The fourth-order valence-electron chi connectivity index (χ4n) is 4.07. The predicted octanol–water partition coefficient (Wildman–Crippen LogP) is 4.20. The van der Waals surface area contributed by atoms with Gasteiger partial charge in [0.05, 0.1) is 16.5 Å². The number of nitrogens with zero attached hydrogens (tertiary/aromatic N) is 3. The van der Waals surface area contributed by atoms with Crippen LogP contribution in [-0.4, -0.2) is 42.4 Å². The third-order valence-electron chi connectivity index (χ3n) is 5.90. The fraction of sp³-hybridized carbons (Fsp3) is 0.240. The number of hydrogen-bond acceptors (Lipinski definition) is 5. The van der Waals surface area contributed by atoms with Crippen LogP contribution in [0.1, 0.15) is 23.2 Å². The first-order valence-electron chi connectivity index (χ1n) is 11.2. The zero-order chi connectivity index (χ0) is 27.7. The van der Waals surface area contributed by atoms with Gasteiger partial charge < -0.3 is 5.32 Å². The van der Waals surface area contributed by atoms with E-state index in [1.165, 1.54) is 24.3 Å². The van der Waals surface area contributed by atoms with Crippen LogP contribution in [0.3, 0.4) is 0 Å². The van der Waals surface area contributed by atoms with Crippen molar-refractivity contribution in [1.29, 1.82) is 5.26 Å². The quantitative estimate of drug-likeness (QED) is 0.464. The van der Waals surface area contributed by atoms with Crippen LogP contribution >= 0.6 is 0 Å². The lowest BCUT2D eigenvalue weighted by atomic mass is 10.0. The van der Waals surface area contributed by atoms with Gasteiger partial charge in [-0.15, -0.1) is 0 Å². The molecule has 198 valence electrons. The summed E-state index contributed by atoms with van der Waals surface area (Å²) in [6, 6.07) is 10.9. The van der Waals surface area contributed by atoms with E-state index in [2.05, 4.69) is 10.3 Å². The second-order valence-corrected chi connectivity index (χ2v) is 10.4. The Bertz CT molecular complexity index is 1490. The van der Waals surface area contributed by atoms with Crippen molar-refractivity contribution in [2.45, 2.75) is 36.3 Å². The highest BCUT2D eigenvalue weighted by Crippen LogP contribution is 2.30. The molecule has 4 rings (SSSR count). The zero-order valence-corrected chi connectivity index (χ0v) is 20.2. The van der Waals surface area contributed by atoms with Gasteiger partial charge in [-0.1, -0.05) is 6.07 Å². The van der Waals surface area contributed by atoms with Crippen LogP contribution in [0.2, 0.25) is 0 Å². The first kappa shape index (κ1) is 27.2. The Labute approximate surface area is 214 Å². The average Bonchev–Trinajstić information content (AvgIpc) is 3.29. The Balaban J connectivity index is 1.53. The fourth-order valence-corrected chi connectivity index (χ4v) is 5.69. The number of rotatable bonds is 6. The van der Waals surface area contributed by atoms with Gasteiger partial charge in [0.15, 0.2) is 0 Å². The maximum absolute atomic E-state index is 14.2. The molecule has 13 heteroatoms. The molecule has 3 aromatic rings. The number of sulfonamides is 1. The van der Waals surface area contributed by atoms with Gasteiger partial charge in [-0.2, -0.15) is 22.7 Å². The molecule has 1 aliphatic rings. The van der Waals surface area contributed by atoms with Crippen LogP contribution in [0, 0.1) is 17.1 Å². The molecule has 0 aliphatic carbocycles. The zero-order valence-electron chi connectivity index (χ0n) is 19.4. The molecule has 1 amide bonds. The number of nitrogens with one attached hydrogen (secondary N) is 1. The molecule has 7 nitrogen and oxygen atoms in total. The molecule has 0 bridgehead atoms. The van der Waals surface area contributed by atoms with E-state index in [1.54, 1.807) is 0 Å². The molecule has 1 aromatic heterocycles. The topological polar surface area (TPSA) is 103 Å². The number of hydrogen-bond donors (Lipinski definition) is 1. The minimum atomic E-state index is -4.61. The van der Waals surface area contributed by atoms with Gasteiger partial charge >= 0.3 is 6.18 Å². The monoisotopic (exact) mass is 550 g/mol. The highest BCUT2D eigenvalue weighted by Gasteiger charge is 2.44. The number of alkyl halides is 4.